The third-order valence-corrected chi connectivity index (χ3v) is 5.18. The van der Waals surface area contributed by atoms with Crippen molar-refractivity contribution in [3.8, 4) is 17.2 Å². The lowest BCUT2D eigenvalue weighted by atomic mass is 9.95. The van der Waals surface area contributed by atoms with Crippen molar-refractivity contribution in [2.45, 2.75) is 19.6 Å². The molecule has 0 fully saturated rings. The summed E-state index contributed by atoms with van der Waals surface area (Å²) in [5.74, 6) is 2.19. The summed E-state index contributed by atoms with van der Waals surface area (Å²) in [5, 5.41) is 3.01. The molecule has 1 unspecified atom stereocenters. The van der Waals surface area contributed by atoms with E-state index in [0.717, 1.165) is 33.9 Å². The third-order valence-electron chi connectivity index (χ3n) is 5.18. The summed E-state index contributed by atoms with van der Waals surface area (Å²) >= 11 is 0. The molecule has 1 aliphatic heterocycles. The summed E-state index contributed by atoms with van der Waals surface area (Å²) in [5.41, 5.74) is 3.15. The van der Waals surface area contributed by atoms with Gasteiger partial charge in [-0.1, -0.05) is 42.5 Å². The smallest absolute Gasteiger partial charge is 0.227 e. The van der Waals surface area contributed by atoms with E-state index in [1.54, 1.807) is 7.11 Å². The minimum atomic E-state index is -0.210. The molecule has 3 aromatic rings. The first-order valence-electron chi connectivity index (χ1n) is 10.0. The second kappa shape index (κ2) is 9.35. The predicted octanol–water partition coefficient (Wildman–Crippen LogP) is 4.14. The number of nitrogens with one attached hydrogen (secondary N) is 1. The molecule has 1 N–H and O–H groups in total. The molecule has 0 aromatic heterocycles. The zero-order chi connectivity index (χ0) is 20.8. The molecule has 3 aromatic carbocycles. The summed E-state index contributed by atoms with van der Waals surface area (Å²) in [4.78, 5) is 12.6. The van der Waals surface area contributed by atoms with E-state index in [9.17, 15) is 4.79 Å². The predicted molar refractivity (Wildman–Crippen MR) is 115 cm³/mol. The SMILES string of the molecule is COc1ccc2c(c1)CC(C(=O)NCc1ccc(OCc3ccccc3)cc1)CO2. The Morgan fingerprint density at radius 2 is 1.77 bits per heavy atom. The summed E-state index contributed by atoms with van der Waals surface area (Å²) in [6, 6.07) is 23.5. The first-order valence-corrected chi connectivity index (χ1v) is 10.0. The van der Waals surface area contributed by atoms with Gasteiger partial charge in [-0.05, 0) is 53.4 Å². The van der Waals surface area contributed by atoms with Gasteiger partial charge in [0.05, 0.1) is 13.0 Å². The summed E-state index contributed by atoms with van der Waals surface area (Å²) in [6.07, 6.45) is 0.643. The number of amides is 1. The maximum absolute atomic E-state index is 12.6. The highest BCUT2D eigenvalue weighted by Gasteiger charge is 2.26. The first-order chi connectivity index (χ1) is 14.7. The largest absolute Gasteiger partial charge is 0.497 e. The quantitative estimate of drug-likeness (QED) is 0.644. The van der Waals surface area contributed by atoms with Crippen LogP contribution in [0.15, 0.2) is 72.8 Å². The number of ether oxygens (including phenoxy) is 3. The van der Waals surface area contributed by atoms with E-state index in [1.807, 2.05) is 72.8 Å². The molecular formula is C25H25NO4. The molecule has 5 heteroatoms. The zero-order valence-electron chi connectivity index (χ0n) is 17.0. The molecule has 5 nitrogen and oxygen atoms in total. The lowest BCUT2D eigenvalue weighted by Gasteiger charge is -2.25. The molecule has 1 heterocycles. The van der Waals surface area contributed by atoms with Crippen molar-refractivity contribution in [1.82, 2.24) is 5.32 Å². The molecule has 1 aliphatic rings. The molecule has 0 spiro atoms. The summed E-state index contributed by atoms with van der Waals surface area (Å²) in [7, 11) is 1.63. The number of hydrogen-bond donors (Lipinski definition) is 1. The number of hydrogen-bond acceptors (Lipinski definition) is 4. The van der Waals surface area contributed by atoms with Crippen LogP contribution in [0.1, 0.15) is 16.7 Å². The van der Waals surface area contributed by atoms with E-state index in [1.165, 1.54) is 0 Å². The van der Waals surface area contributed by atoms with Gasteiger partial charge < -0.3 is 19.5 Å². The lowest BCUT2D eigenvalue weighted by molar-refractivity contribution is -0.126. The Hall–Kier alpha value is -3.47. The Balaban J connectivity index is 1.27. The number of fused-ring (bicyclic) bond motifs is 1. The lowest BCUT2D eigenvalue weighted by Crippen LogP contribution is -2.37. The van der Waals surface area contributed by atoms with Crippen LogP contribution >= 0.6 is 0 Å². The average molecular weight is 403 g/mol. The van der Waals surface area contributed by atoms with Gasteiger partial charge in [-0.15, -0.1) is 0 Å². The van der Waals surface area contributed by atoms with Crippen molar-refractivity contribution >= 4 is 5.91 Å². The second-order valence-corrected chi connectivity index (χ2v) is 7.32. The van der Waals surface area contributed by atoms with Gasteiger partial charge in [0.2, 0.25) is 5.91 Å². The highest BCUT2D eigenvalue weighted by Crippen LogP contribution is 2.30. The van der Waals surface area contributed by atoms with Crippen molar-refractivity contribution in [1.29, 1.82) is 0 Å². The first kappa shape index (κ1) is 19.8. The Labute approximate surface area is 176 Å². The maximum Gasteiger partial charge on any atom is 0.227 e. The van der Waals surface area contributed by atoms with Crippen LogP contribution in [0.5, 0.6) is 17.2 Å². The standard InChI is InChI=1S/C25H25NO4/c1-28-23-11-12-24-20(14-23)13-21(17-30-24)25(27)26-15-18-7-9-22(10-8-18)29-16-19-5-3-2-4-6-19/h2-12,14,21H,13,15-17H2,1H3,(H,26,27). The number of methoxy groups -OCH3 is 1. The summed E-state index contributed by atoms with van der Waals surface area (Å²) < 4.78 is 16.8. The molecule has 0 saturated carbocycles. The molecule has 0 saturated heterocycles. The number of carbonyl (C=O) groups is 1. The molecule has 0 bridgehead atoms. The van der Waals surface area contributed by atoms with Gasteiger partial charge in [-0.25, -0.2) is 0 Å². The fraction of sp³-hybridized carbons (Fsp3) is 0.240. The van der Waals surface area contributed by atoms with Crippen molar-refractivity contribution in [3.63, 3.8) is 0 Å². The van der Waals surface area contributed by atoms with Gasteiger partial charge in [0.15, 0.2) is 0 Å². The molecule has 154 valence electrons. The average Bonchev–Trinajstić information content (AvgIpc) is 2.81. The topological polar surface area (TPSA) is 56.8 Å². The number of benzene rings is 3. The van der Waals surface area contributed by atoms with Gasteiger partial charge in [-0.2, -0.15) is 0 Å². The molecule has 4 rings (SSSR count). The Bertz CT molecular complexity index is 986. The van der Waals surface area contributed by atoms with Gasteiger partial charge in [-0.3, -0.25) is 4.79 Å². The molecule has 1 amide bonds. The fourth-order valence-corrected chi connectivity index (χ4v) is 3.44. The zero-order valence-corrected chi connectivity index (χ0v) is 17.0. The van der Waals surface area contributed by atoms with E-state index >= 15 is 0 Å². The third kappa shape index (κ3) is 4.92. The van der Waals surface area contributed by atoms with Crippen LogP contribution < -0.4 is 19.5 Å². The number of carbonyl (C=O) groups excluding carboxylic acids is 1. The van der Waals surface area contributed by atoms with Crippen molar-refractivity contribution in [3.05, 3.63) is 89.5 Å². The molecule has 1 atom stereocenters. The fourth-order valence-electron chi connectivity index (χ4n) is 3.44. The highest BCUT2D eigenvalue weighted by atomic mass is 16.5. The van der Waals surface area contributed by atoms with Gasteiger partial charge >= 0.3 is 0 Å². The van der Waals surface area contributed by atoms with E-state index in [0.29, 0.717) is 26.2 Å². The van der Waals surface area contributed by atoms with Crippen molar-refractivity contribution < 1.29 is 19.0 Å². The minimum Gasteiger partial charge on any atom is -0.497 e. The molecule has 30 heavy (non-hydrogen) atoms. The number of rotatable bonds is 7. The normalized spacial score (nSPS) is 14.9. The van der Waals surface area contributed by atoms with Crippen LogP contribution in [0.3, 0.4) is 0 Å². The maximum atomic E-state index is 12.6. The van der Waals surface area contributed by atoms with Crippen LogP contribution in [-0.4, -0.2) is 19.6 Å². The Morgan fingerprint density at radius 1 is 1.00 bits per heavy atom. The minimum absolute atomic E-state index is 0.00660. The second-order valence-electron chi connectivity index (χ2n) is 7.32. The van der Waals surface area contributed by atoms with Crippen LogP contribution in [0.25, 0.3) is 0 Å². The van der Waals surface area contributed by atoms with Gasteiger partial charge in [0.1, 0.15) is 30.5 Å². The summed E-state index contributed by atoms with van der Waals surface area (Å²) in [6.45, 7) is 1.39. The van der Waals surface area contributed by atoms with Gasteiger partial charge in [0.25, 0.3) is 0 Å². The van der Waals surface area contributed by atoms with E-state index in [2.05, 4.69) is 5.32 Å². The highest BCUT2D eigenvalue weighted by molar-refractivity contribution is 5.79. The van der Waals surface area contributed by atoms with Crippen LogP contribution in [0.4, 0.5) is 0 Å². The van der Waals surface area contributed by atoms with Crippen molar-refractivity contribution in [2.24, 2.45) is 5.92 Å². The van der Waals surface area contributed by atoms with Crippen LogP contribution in [0, 0.1) is 5.92 Å². The Morgan fingerprint density at radius 3 is 2.53 bits per heavy atom. The molecular weight excluding hydrogens is 378 g/mol. The molecule has 0 radical (unpaired) electrons. The van der Waals surface area contributed by atoms with E-state index < -0.39 is 0 Å². The van der Waals surface area contributed by atoms with Crippen LogP contribution in [0.2, 0.25) is 0 Å². The molecule has 0 aliphatic carbocycles. The Kier molecular flexibility index (Phi) is 6.18. The van der Waals surface area contributed by atoms with Crippen molar-refractivity contribution in [2.75, 3.05) is 13.7 Å². The van der Waals surface area contributed by atoms with Gasteiger partial charge in [0, 0.05) is 6.54 Å². The van der Waals surface area contributed by atoms with E-state index in [-0.39, 0.29) is 11.8 Å². The van der Waals surface area contributed by atoms with E-state index in [4.69, 9.17) is 14.2 Å². The monoisotopic (exact) mass is 403 g/mol. The van der Waals surface area contributed by atoms with Crippen LogP contribution in [-0.2, 0) is 24.4 Å².